The van der Waals surface area contributed by atoms with Gasteiger partial charge in [-0.1, -0.05) is 86.6 Å². The van der Waals surface area contributed by atoms with E-state index in [4.69, 9.17) is 125 Å². The molecule has 0 unspecified atom stereocenters. The summed E-state index contributed by atoms with van der Waals surface area (Å²) in [6.07, 6.45) is 3.77. The van der Waals surface area contributed by atoms with Gasteiger partial charge in [0, 0.05) is 62.8 Å². The predicted molar refractivity (Wildman–Crippen MR) is 447 cm³/mol. The van der Waals surface area contributed by atoms with E-state index in [0.717, 1.165) is 134 Å². The number of aryl methyl sites for hydroxylation is 4. The normalized spacial score (nSPS) is 9.53. The minimum absolute atomic E-state index is 0. The fraction of sp³-hybridized carbons (Fsp3) is 0.268. The van der Waals surface area contributed by atoms with E-state index in [0.29, 0.717) is 45.5 Å². The van der Waals surface area contributed by atoms with E-state index in [-0.39, 0.29) is 73.4 Å². The molecule has 0 aliphatic rings. The van der Waals surface area contributed by atoms with E-state index in [1.165, 1.54) is 21.6 Å². The first-order valence-electron chi connectivity index (χ1n) is 32.9. The van der Waals surface area contributed by atoms with Crippen molar-refractivity contribution in [2.24, 2.45) is 0 Å². The Balaban J connectivity index is -0.00000128. The summed E-state index contributed by atoms with van der Waals surface area (Å²) >= 11 is 37.8. The van der Waals surface area contributed by atoms with Crippen LogP contribution in [-0.2, 0) is 47.9 Å². The van der Waals surface area contributed by atoms with Gasteiger partial charge in [0.2, 0.25) is 0 Å². The molecule has 0 spiro atoms. The maximum Gasteiger partial charge on any atom is 1.00 e. The minimum Gasteiger partial charge on any atom is -0.870 e. The summed E-state index contributed by atoms with van der Waals surface area (Å²) in [5.74, 6) is 8.94. The van der Waals surface area contributed by atoms with Crippen molar-refractivity contribution >= 4 is 140 Å². The topological polar surface area (TPSA) is 278 Å². The van der Waals surface area contributed by atoms with Crippen LogP contribution >= 0.6 is 106 Å². The molecule has 30 heteroatoms. The molecule has 0 atom stereocenters. The van der Waals surface area contributed by atoms with E-state index < -0.39 is 10.1 Å². The predicted octanol–water partition coefficient (Wildman–Crippen LogP) is 17.8. The van der Waals surface area contributed by atoms with Crippen LogP contribution in [-0.4, -0.2) is 126 Å². The molecular formula is C82H92Cl5LiO19S5. The van der Waals surface area contributed by atoms with Gasteiger partial charge in [-0.15, -0.1) is 59.5 Å². The Bertz CT molecular complexity index is 4110. The molecule has 0 aliphatic carbocycles. The largest absolute Gasteiger partial charge is 1.00 e. The Morgan fingerprint density at radius 3 is 1.02 bits per heavy atom. The first-order chi connectivity index (χ1) is 52.3. The van der Waals surface area contributed by atoms with Crippen molar-refractivity contribution < 1.29 is 109 Å². The van der Waals surface area contributed by atoms with Crippen LogP contribution in [0.5, 0.6) is 46.0 Å². The van der Waals surface area contributed by atoms with Gasteiger partial charge >= 0.3 is 37.3 Å². The van der Waals surface area contributed by atoms with Gasteiger partial charge in [-0.3, -0.25) is 8.98 Å². The van der Waals surface area contributed by atoms with E-state index in [9.17, 15) is 13.2 Å². The summed E-state index contributed by atoms with van der Waals surface area (Å²) in [5, 5.41) is 11.5. The number of phenolic OH excluding ortho intramolecular Hbond substituents is 1. The molecule has 600 valence electrons. The first kappa shape index (κ1) is 108. The molecule has 0 aliphatic heterocycles. The van der Waals surface area contributed by atoms with Gasteiger partial charge in [-0.2, -0.15) is 37.2 Å². The summed E-state index contributed by atoms with van der Waals surface area (Å²) in [6, 6.07) is 52.7. The molecule has 8 rings (SSSR count). The van der Waals surface area contributed by atoms with Crippen molar-refractivity contribution in [1.82, 2.24) is 0 Å². The van der Waals surface area contributed by atoms with Crippen LogP contribution in [0.2, 0.25) is 20.1 Å². The second kappa shape index (κ2) is 65.6. The summed E-state index contributed by atoms with van der Waals surface area (Å²) in [4.78, 5) is 63.9. The number of carbonyl (C=O) groups excluding carboxylic acids is 7. The third-order valence-corrected chi connectivity index (χ3v) is 18.4. The van der Waals surface area contributed by atoms with Crippen LogP contribution < -0.4 is 52.0 Å². The number of thiol groups is 1. The molecule has 0 saturated heterocycles. The number of ketones is 1. The molecule has 0 radical (unpaired) electrons. The van der Waals surface area contributed by atoms with Crippen molar-refractivity contribution in [3.05, 3.63) is 261 Å². The standard InChI is InChI=1S/2C20H23ClO2S.C18H19ClO2S.C10H12O2S.C6H5ClO.C5H9ClO3S.3CO2.Li.H2O/c2*1-4-11-22-20-10-9-19(12-16(20)3)24-14-15(2)13-23-18-7-5-17(21)6-8-18;1-13(11-21-16-6-4-15(19)5-7-16)12-22-17-8-9-18(20-3)14(2)10-17;1-7-5-9(13)3-4-10(7)12-6-8(2)11;7-5-1-3-6(8)4-2-5;1-5(3-6)4-9-10(2,7)8;3*2-1-3;;/h2*5-10,12H,2,4,11,13-14H2,1,3H3;4-10H,1,11-12H2,2-3H3;3-5,13H,6H2,1-2H3;1-4,8H;1,3-4H2,2H3;;;;;1H2/q;;;;;;;;;+1;/p-1. The minimum atomic E-state index is -3.35. The Morgan fingerprint density at radius 1 is 0.455 bits per heavy atom. The number of hydrogen-bond acceptors (Lipinski definition) is 23. The summed E-state index contributed by atoms with van der Waals surface area (Å²) < 4.78 is 64.1. The monoisotopic (exact) mass is 1720 g/mol. The maximum atomic E-state index is 10.7. The number of thioether (sulfide) groups is 3. The van der Waals surface area contributed by atoms with Gasteiger partial charge in [0.05, 0.1) is 33.2 Å². The number of alkyl halides is 1. The smallest absolute Gasteiger partial charge is 0.870 e. The summed E-state index contributed by atoms with van der Waals surface area (Å²) in [5.41, 5.74) is 8.12. The van der Waals surface area contributed by atoms with Gasteiger partial charge in [-0.05, 0) is 262 Å². The van der Waals surface area contributed by atoms with E-state index in [1.807, 2.05) is 123 Å². The number of halogens is 5. The third-order valence-electron chi connectivity index (χ3n) is 12.8. The molecule has 0 fully saturated rings. The Kier molecular flexibility index (Phi) is 63.5. The fourth-order valence-corrected chi connectivity index (χ4v) is 11.5. The zero-order valence-electron chi connectivity index (χ0n) is 64.0. The van der Waals surface area contributed by atoms with E-state index in [2.05, 4.69) is 107 Å². The number of phenols is 1. The molecule has 8 aromatic rings. The Morgan fingerprint density at radius 2 is 0.750 bits per heavy atom. The number of aromatic hydroxyl groups is 1. The average Bonchev–Trinajstić information content (AvgIpc) is 0.847. The Hall–Kier alpha value is -7.75. The maximum absolute atomic E-state index is 10.7. The molecule has 19 nitrogen and oxygen atoms in total. The van der Waals surface area contributed by atoms with E-state index in [1.54, 1.807) is 66.7 Å². The zero-order valence-corrected chi connectivity index (χ0v) is 71.9. The summed E-state index contributed by atoms with van der Waals surface area (Å²) in [6.45, 7) is 32.7. The molecule has 0 bridgehead atoms. The fourth-order valence-electron chi connectivity index (χ4n) is 7.59. The number of hydrogen-bond donors (Lipinski definition) is 2. The number of benzene rings is 8. The molecule has 0 saturated carbocycles. The quantitative estimate of drug-likeness (QED) is 0.00989. The number of methoxy groups -OCH3 is 1. The number of Topliss-reactive ketones (excluding diaryl/α,β-unsaturated/α-hetero) is 1. The number of carbonyl (C=O) groups is 1. The van der Waals surface area contributed by atoms with Gasteiger partial charge < -0.3 is 43.7 Å². The van der Waals surface area contributed by atoms with Gasteiger partial charge in [0.25, 0.3) is 10.1 Å². The van der Waals surface area contributed by atoms with Crippen molar-refractivity contribution in [2.45, 2.75) is 80.9 Å². The van der Waals surface area contributed by atoms with Crippen LogP contribution in [0.3, 0.4) is 0 Å². The third kappa shape index (κ3) is 55.6. The van der Waals surface area contributed by atoms with Crippen LogP contribution in [0.1, 0.15) is 55.9 Å². The van der Waals surface area contributed by atoms with Gasteiger partial charge in [0.1, 0.15) is 72.4 Å². The molecule has 2 N–H and O–H groups in total. The molecule has 8 aromatic carbocycles. The SMILES string of the molecule is C=C(CCl)COS(C)(=O)=O.C=C(COc1ccc(Cl)cc1)CSc1ccc(OC)c(C)c1.C=C(COc1ccc(Cl)cc1)CSc1ccc(OCCC)c(C)c1.C=C(COc1ccc(Cl)cc1)CSc1ccc(OCCC)c(C)c1.CC(=O)COc1ccc(S)cc1C.O=C=O.O=C=O.O=C=O.Oc1ccc(Cl)cc1.[Li+].[OH-]. The van der Waals surface area contributed by atoms with Crippen LogP contribution in [0.25, 0.3) is 0 Å². The molecule has 0 amide bonds. The average molecular weight is 1730 g/mol. The van der Waals surface area contributed by atoms with Crippen LogP contribution in [0, 0.1) is 27.7 Å². The van der Waals surface area contributed by atoms with Crippen LogP contribution in [0.4, 0.5) is 0 Å². The Labute approximate surface area is 713 Å². The van der Waals surface area contributed by atoms with Gasteiger partial charge in [-0.25, -0.2) is 0 Å². The summed E-state index contributed by atoms with van der Waals surface area (Å²) in [7, 11) is -1.66. The van der Waals surface area contributed by atoms with Crippen molar-refractivity contribution in [2.75, 3.05) is 82.8 Å². The molecule has 0 heterocycles. The first-order valence-corrected chi connectivity index (χ1v) is 40.2. The van der Waals surface area contributed by atoms with Crippen molar-refractivity contribution in [3.63, 3.8) is 0 Å². The molecule has 0 aromatic heterocycles. The van der Waals surface area contributed by atoms with Crippen LogP contribution in [0.15, 0.2) is 238 Å². The molecule has 112 heavy (non-hydrogen) atoms. The van der Waals surface area contributed by atoms with Crippen molar-refractivity contribution in [3.8, 4) is 46.0 Å². The van der Waals surface area contributed by atoms with Gasteiger partial charge in [0.15, 0.2) is 5.78 Å². The number of ether oxygens (including phenoxy) is 7. The molecular weight excluding hydrogens is 1630 g/mol. The second-order valence-corrected chi connectivity index (χ2v) is 29.9. The second-order valence-electron chi connectivity index (χ2n) is 22.5. The zero-order chi connectivity index (χ0) is 82.8. The number of rotatable bonds is 32. The van der Waals surface area contributed by atoms with Crippen molar-refractivity contribution in [1.29, 1.82) is 0 Å². The van der Waals surface area contributed by atoms with E-state index >= 15 is 0 Å².